The van der Waals surface area contributed by atoms with Crippen LogP contribution in [0.2, 0.25) is 0 Å². The number of methoxy groups -OCH3 is 1. The first-order valence-corrected chi connectivity index (χ1v) is 9.93. The molecule has 1 atom stereocenters. The predicted octanol–water partition coefficient (Wildman–Crippen LogP) is 3.96. The van der Waals surface area contributed by atoms with Gasteiger partial charge in [-0.25, -0.2) is 14.2 Å². The Kier molecular flexibility index (Phi) is 6.87. The molecule has 1 N–H and O–H groups in total. The first-order valence-electron chi connectivity index (χ1n) is 9.93. The molecule has 2 aromatic heterocycles. The Hall–Kier alpha value is -3.75. The quantitative estimate of drug-likeness (QED) is 0.415. The van der Waals surface area contributed by atoms with Crippen molar-refractivity contribution in [2.24, 2.45) is 0 Å². The van der Waals surface area contributed by atoms with E-state index in [1.54, 1.807) is 32.0 Å². The summed E-state index contributed by atoms with van der Waals surface area (Å²) in [5.74, 6) is -1.57. The third-order valence-electron chi connectivity index (χ3n) is 4.99. The zero-order valence-corrected chi connectivity index (χ0v) is 18.2. The Balaban J connectivity index is 1.59. The smallest absolute Gasteiger partial charge is 0.339 e. The van der Waals surface area contributed by atoms with E-state index in [1.807, 2.05) is 0 Å². The highest BCUT2D eigenvalue weighted by atomic mass is 19.1. The van der Waals surface area contributed by atoms with Gasteiger partial charge in [-0.3, -0.25) is 9.59 Å². The van der Waals surface area contributed by atoms with E-state index < -0.39 is 29.6 Å². The molecule has 9 heteroatoms. The zero-order valence-electron chi connectivity index (χ0n) is 18.2. The molecule has 0 saturated carbocycles. The second-order valence-electron chi connectivity index (χ2n) is 7.21. The average Bonchev–Trinajstić information content (AvgIpc) is 3.35. The monoisotopic (exact) mass is 442 g/mol. The lowest BCUT2D eigenvalue weighted by molar-refractivity contribution is -0.146. The van der Waals surface area contributed by atoms with E-state index in [4.69, 9.17) is 13.9 Å². The van der Waals surface area contributed by atoms with Gasteiger partial charge in [-0.1, -0.05) is 12.1 Å². The second kappa shape index (κ2) is 9.59. The Bertz CT molecular complexity index is 1160. The molecule has 8 nitrogen and oxygen atoms in total. The normalized spacial score (nSPS) is 11.8. The molecule has 0 aliphatic heterocycles. The maximum Gasteiger partial charge on any atom is 0.339 e. The van der Waals surface area contributed by atoms with Crippen LogP contribution >= 0.6 is 0 Å². The first-order chi connectivity index (χ1) is 15.2. The number of benzene rings is 1. The SMILES string of the molecule is COC(=O)c1c(C)[nH]c(C(=O)[C@@H](C)OC(=O)CCc2ncc(-c3ccccc3F)o2)c1C. The van der Waals surface area contributed by atoms with Crippen LogP contribution in [0.4, 0.5) is 4.39 Å². The Morgan fingerprint density at radius 1 is 1.22 bits per heavy atom. The van der Waals surface area contributed by atoms with E-state index in [0.29, 0.717) is 11.3 Å². The molecule has 0 amide bonds. The highest BCUT2D eigenvalue weighted by Gasteiger charge is 2.27. The molecule has 3 rings (SSSR count). The van der Waals surface area contributed by atoms with Gasteiger partial charge in [0.15, 0.2) is 17.8 Å². The van der Waals surface area contributed by atoms with Gasteiger partial charge >= 0.3 is 11.9 Å². The number of aromatic amines is 1. The molecule has 2 heterocycles. The highest BCUT2D eigenvalue weighted by molar-refractivity contribution is 6.03. The minimum atomic E-state index is -1.07. The summed E-state index contributed by atoms with van der Waals surface area (Å²) >= 11 is 0. The number of carbonyl (C=O) groups excluding carboxylic acids is 3. The number of oxazole rings is 1. The lowest BCUT2D eigenvalue weighted by atomic mass is 10.1. The molecule has 0 fully saturated rings. The number of esters is 2. The van der Waals surface area contributed by atoms with Crippen LogP contribution in [0.1, 0.15) is 51.3 Å². The van der Waals surface area contributed by atoms with Crippen molar-refractivity contribution < 1.29 is 32.7 Å². The number of carbonyl (C=O) groups is 3. The summed E-state index contributed by atoms with van der Waals surface area (Å²) in [7, 11) is 1.26. The van der Waals surface area contributed by atoms with Gasteiger partial charge in [0.1, 0.15) is 5.82 Å². The number of H-pyrrole nitrogens is 1. The summed E-state index contributed by atoms with van der Waals surface area (Å²) in [5, 5.41) is 0. The van der Waals surface area contributed by atoms with Crippen molar-refractivity contribution in [3.63, 3.8) is 0 Å². The van der Waals surface area contributed by atoms with Crippen molar-refractivity contribution in [2.75, 3.05) is 7.11 Å². The molecule has 0 saturated heterocycles. The summed E-state index contributed by atoms with van der Waals surface area (Å²) < 4.78 is 29.3. The van der Waals surface area contributed by atoms with Gasteiger partial charge in [0.25, 0.3) is 0 Å². The van der Waals surface area contributed by atoms with E-state index >= 15 is 0 Å². The van der Waals surface area contributed by atoms with Crippen LogP contribution in [0.5, 0.6) is 0 Å². The van der Waals surface area contributed by atoms with Crippen LogP contribution in [0, 0.1) is 19.7 Å². The number of hydrogen-bond donors (Lipinski definition) is 1. The summed E-state index contributed by atoms with van der Waals surface area (Å²) in [5.41, 5.74) is 1.67. The summed E-state index contributed by atoms with van der Waals surface area (Å²) in [6.45, 7) is 4.72. The Morgan fingerprint density at radius 3 is 2.62 bits per heavy atom. The van der Waals surface area contributed by atoms with Crippen LogP contribution in [0.15, 0.2) is 34.9 Å². The minimum absolute atomic E-state index is 0.0784. The molecule has 0 unspecified atom stereocenters. The number of hydrogen-bond acceptors (Lipinski definition) is 7. The number of Topliss-reactive ketones (excluding diaryl/α,β-unsaturated/α-hetero) is 1. The lowest BCUT2D eigenvalue weighted by Crippen LogP contribution is -2.25. The summed E-state index contributed by atoms with van der Waals surface area (Å²) in [4.78, 5) is 43.8. The van der Waals surface area contributed by atoms with Crippen molar-refractivity contribution in [2.45, 2.75) is 39.7 Å². The fourth-order valence-electron chi connectivity index (χ4n) is 3.34. The van der Waals surface area contributed by atoms with E-state index in [-0.39, 0.29) is 41.3 Å². The van der Waals surface area contributed by atoms with Crippen LogP contribution in [0.3, 0.4) is 0 Å². The van der Waals surface area contributed by atoms with Gasteiger partial charge in [0, 0.05) is 12.1 Å². The average molecular weight is 442 g/mol. The fourth-order valence-corrected chi connectivity index (χ4v) is 3.34. The van der Waals surface area contributed by atoms with Gasteiger partial charge in [0.2, 0.25) is 5.78 Å². The first kappa shape index (κ1) is 22.9. The van der Waals surface area contributed by atoms with Crippen LogP contribution in [-0.4, -0.2) is 40.9 Å². The summed E-state index contributed by atoms with van der Waals surface area (Å²) in [6.07, 6.45) is 0.371. The van der Waals surface area contributed by atoms with Gasteiger partial charge in [-0.15, -0.1) is 0 Å². The van der Waals surface area contributed by atoms with Gasteiger partial charge < -0.3 is 18.9 Å². The van der Waals surface area contributed by atoms with Crippen molar-refractivity contribution in [1.82, 2.24) is 9.97 Å². The van der Waals surface area contributed by atoms with E-state index in [0.717, 1.165) is 0 Å². The van der Waals surface area contributed by atoms with E-state index in [9.17, 15) is 18.8 Å². The molecular weight excluding hydrogens is 419 g/mol. The zero-order chi connectivity index (χ0) is 23.4. The van der Waals surface area contributed by atoms with Gasteiger partial charge in [-0.05, 0) is 38.5 Å². The molecule has 0 radical (unpaired) electrons. The second-order valence-corrected chi connectivity index (χ2v) is 7.21. The fraction of sp³-hybridized carbons (Fsp3) is 0.304. The number of halogens is 1. The predicted molar refractivity (Wildman–Crippen MR) is 112 cm³/mol. The maximum absolute atomic E-state index is 13.9. The standard InChI is InChI=1S/C23H23FN2O6/c1-12-20(23(29)30-4)13(2)26-21(12)22(28)14(3)31-19(27)10-9-18-25-11-17(32-18)15-7-5-6-8-16(15)24/h5-8,11,14,26H,9-10H2,1-4H3/t14-/m1/s1. The third-order valence-corrected chi connectivity index (χ3v) is 4.99. The molecule has 0 aliphatic carbocycles. The van der Waals surface area contributed by atoms with Crippen molar-refractivity contribution in [1.29, 1.82) is 0 Å². The van der Waals surface area contributed by atoms with Crippen molar-refractivity contribution in [3.05, 3.63) is 64.7 Å². The molecule has 32 heavy (non-hydrogen) atoms. The Morgan fingerprint density at radius 2 is 1.94 bits per heavy atom. The molecule has 0 aliphatic rings. The topological polar surface area (TPSA) is 111 Å². The van der Waals surface area contributed by atoms with E-state index in [2.05, 4.69) is 9.97 Å². The Labute approximate surface area is 183 Å². The molecule has 1 aromatic carbocycles. The van der Waals surface area contributed by atoms with Crippen LogP contribution in [-0.2, 0) is 20.7 Å². The molecule has 168 valence electrons. The number of nitrogens with zero attached hydrogens (tertiary/aromatic N) is 1. The number of ether oxygens (including phenoxy) is 2. The lowest BCUT2D eigenvalue weighted by Gasteiger charge is -2.12. The number of rotatable bonds is 8. The minimum Gasteiger partial charge on any atom is -0.465 e. The largest absolute Gasteiger partial charge is 0.465 e. The van der Waals surface area contributed by atoms with Gasteiger partial charge in [-0.2, -0.15) is 0 Å². The number of aromatic nitrogens is 2. The number of ketones is 1. The molecular formula is C23H23FN2O6. The molecule has 0 spiro atoms. The third kappa shape index (κ3) is 4.77. The molecule has 0 bridgehead atoms. The maximum atomic E-state index is 13.9. The van der Waals surface area contributed by atoms with Crippen LogP contribution in [0.25, 0.3) is 11.3 Å². The summed E-state index contributed by atoms with van der Waals surface area (Å²) in [6, 6.07) is 6.13. The van der Waals surface area contributed by atoms with Crippen LogP contribution < -0.4 is 0 Å². The number of nitrogens with one attached hydrogen (secondary N) is 1. The van der Waals surface area contributed by atoms with E-state index in [1.165, 1.54) is 26.3 Å². The van der Waals surface area contributed by atoms with Crippen molar-refractivity contribution >= 4 is 17.7 Å². The van der Waals surface area contributed by atoms with Gasteiger partial charge in [0.05, 0.1) is 36.5 Å². The number of aryl methyl sites for hydroxylation is 2. The highest BCUT2D eigenvalue weighted by Crippen LogP contribution is 2.24. The van der Waals surface area contributed by atoms with Crippen molar-refractivity contribution in [3.8, 4) is 11.3 Å². The molecule has 3 aromatic rings.